The molecule has 0 atom stereocenters. The summed E-state index contributed by atoms with van der Waals surface area (Å²) < 4.78 is 15.0. The monoisotopic (exact) mass is 569 g/mol. The lowest BCUT2D eigenvalue weighted by Crippen LogP contribution is -2.49. The van der Waals surface area contributed by atoms with Crippen LogP contribution in [0.5, 0.6) is 0 Å². The first-order valence-electron chi connectivity index (χ1n) is 14.3. The van der Waals surface area contributed by atoms with E-state index in [0.717, 1.165) is 44.5 Å². The van der Waals surface area contributed by atoms with Crippen LogP contribution in [0.1, 0.15) is 27.7 Å². The molecule has 0 aliphatic carbocycles. The zero-order chi connectivity index (χ0) is 29.1. The Labute approximate surface area is 250 Å². The van der Waals surface area contributed by atoms with E-state index >= 15 is 0 Å². The molecule has 4 nitrogen and oxygen atoms in total. The van der Waals surface area contributed by atoms with Crippen LogP contribution in [-0.2, 0) is 4.65 Å². The van der Waals surface area contributed by atoms with E-state index in [2.05, 4.69) is 95.9 Å². The minimum Gasteiger partial charge on any atom is -0.456 e. The van der Waals surface area contributed by atoms with Crippen LogP contribution in [0.2, 0.25) is 0 Å². The predicted octanol–water partition coefficient (Wildman–Crippen LogP) is 8.97. The number of furan rings is 1. The van der Waals surface area contributed by atoms with Gasteiger partial charge in [-0.1, -0.05) is 54.0 Å². The Kier molecular flexibility index (Phi) is 6.39. The van der Waals surface area contributed by atoms with E-state index in [1.54, 1.807) is 13.8 Å². The molecule has 0 bridgehead atoms. The predicted molar refractivity (Wildman–Crippen MR) is 180 cm³/mol. The smallest absolute Gasteiger partial charge is 0.309 e. The number of hydrogen-bond donors (Lipinski definition) is 1. The third-order valence-corrected chi connectivity index (χ3v) is 9.66. The Morgan fingerprint density at radius 3 is 2.05 bits per heavy atom. The molecule has 0 unspecified atom stereocenters. The van der Waals surface area contributed by atoms with Gasteiger partial charge in [-0.25, -0.2) is 0 Å². The average molecular weight is 570 g/mol. The second-order valence-electron chi connectivity index (χ2n) is 11.9. The Morgan fingerprint density at radius 2 is 1.26 bits per heavy atom. The van der Waals surface area contributed by atoms with Crippen LogP contribution < -0.4 is 10.4 Å². The van der Waals surface area contributed by atoms with Crippen molar-refractivity contribution < 1.29 is 14.2 Å². The third-order valence-electron chi connectivity index (χ3n) is 8.51. The molecular formula is C36H32BNO3S. The molecule has 0 aliphatic rings. The molecular weight excluding hydrogens is 537 g/mol. The van der Waals surface area contributed by atoms with Crippen molar-refractivity contribution in [1.82, 2.24) is 0 Å². The summed E-state index contributed by atoms with van der Waals surface area (Å²) in [6.45, 7) is 7.39. The number of aliphatic hydroxyl groups is 1. The number of hydrogen-bond acceptors (Lipinski definition) is 5. The number of benzene rings is 5. The molecule has 2 heterocycles. The van der Waals surface area contributed by atoms with Crippen LogP contribution in [0.3, 0.4) is 0 Å². The van der Waals surface area contributed by atoms with Crippen LogP contribution in [0.25, 0.3) is 42.1 Å². The van der Waals surface area contributed by atoms with Gasteiger partial charge in [0.25, 0.3) is 0 Å². The van der Waals surface area contributed by atoms with Gasteiger partial charge >= 0.3 is 7.48 Å². The van der Waals surface area contributed by atoms with Gasteiger partial charge in [0.15, 0.2) is 0 Å². The van der Waals surface area contributed by atoms with Gasteiger partial charge in [0, 0.05) is 54.1 Å². The van der Waals surface area contributed by atoms with E-state index in [1.807, 2.05) is 43.4 Å². The molecule has 0 fully saturated rings. The van der Waals surface area contributed by atoms with Gasteiger partial charge in [0.05, 0.1) is 11.2 Å². The van der Waals surface area contributed by atoms with Crippen molar-refractivity contribution in [3.63, 3.8) is 0 Å². The number of anilines is 3. The van der Waals surface area contributed by atoms with E-state index in [4.69, 9.17) is 9.07 Å². The Hall–Kier alpha value is -4.10. The van der Waals surface area contributed by atoms with Crippen molar-refractivity contribution in [1.29, 1.82) is 0 Å². The quantitative estimate of drug-likeness (QED) is 0.195. The first-order valence-corrected chi connectivity index (χ1v) is 15.1. The first kappa shape index (κ1) is 26.8. The van der Waals surface area contributed by atoms with Crippen LogP contribution in [0, 0.1) is 0 Å². The van der Waals surface area contributed by atoms with E-state index in [9.17, 15) is 5.11 Å². The fraction of sp³-hybridized carbons (Fsp3) is 0.167. The van der Waals surface area contributed by atoms with Crippen molar-refractivity contribution in [2.45, 2.75) is 38.9 Å². The van der Waals surface area contributed by atoms with Crippen LogP contribution in [-0.4, -0.2) is 23.8 Å². The fourth-order valence-corrected chi connectivity index (χ4v) is 6.42. The van der Waals surface area contributed by atoms with Crippen molar-refractivity contribution in [3.05, 3.63) is 109 Å². The molecule has 5 aromatic carbocycles. The maximum Gasteiger partial charge on any atom is 0.309 e. The summed E-state index contributed by atoms with van der Waals surface area (Å²) in [7, 11) is 0.412. The van der Waals surface area contributed by atoms with Crippen molar-refractivity contribution in [2.24, 2.45) is 0 Å². The highest BCUT2D eigenvalue weighted by atomic mass is 32.1. The maximum atomic E-state index is 10.5. The highest BCUT2D eigenvalue weighted by Gasteiger charge is 2.35. The van der Waals surface area contributed by atoms with Gasteiger partial charge in [-0.15, -0.1) is 11.3 Å². The first-order chi connectivity index (χ1) is 20.2. The second kappa shape index (κ2) is 10.0. The standard InChI is InChI=1S/C36H32BNO3S/c1-35(2,39)36(3,4)41-37-23-13-15-24(16-14-23)38(25-18-20-34-30(21-25)29-10-6-8-12-33(29)42-34)26-17-19-28-27-9-5-7-11-31(27)40-32(28)22-26/h5-22,37,39H,1-4H3. The molecule has 0 amide bonds. The molecule has 7 aromatic rings. The van der Waals surface area contributed by atoms with Gasteiger partial charge in [0.1, 0.15) is 11.2 Å². The van der Waals surface area contributed by atoms with Crippen molar-refractivity contribution >= 4 is 83.5 Å². The lowest BCUT2D eigenvalue weighted by molar-refractivity contribution is -0.0893. The van der Waals surface area contributed by atoms with E-state index in [1.165, 1.54) is 20.2 Å². The number of para-hydroxylation sites is 1. The van der Waals surface area contributed by atoms with Crippen molar-refractivity contribution in [2.75, 3.05) is 4.90 Å². The fourth-order valence-electron chi connectivity index (χ4n) is 5.34. The summed E-state index contributed by atoms with van der Waals surface area (Å²) in [5, 5.41) is 15.3. The molecule has 0 spiro atoms. The number of thiophene rings is 1. The highest BCUT2D eigenvalue weighted by molar-refractivity contribution is 7.25. The molecule has 42 heavy (non-hydrogen) atoms. The molecule has 6 heteroatoms. The highest BCUT2D eigenvalue weighted by Crippen LogP contribution is 2.42. The van der Waals surface area contributed by atoms with Gasteiger partial charge < -0.3 is 19.1 Å². The van der Waals surface area contributed by atoms with Crippen LogP contribution in [0.15, 0.2) is 114 Å². The lowest BCUT2D eigenvalue weighted by atomic mass is 9.82. The molecule has 0 saturated heterocycles. The summed E-state index contributed by atoms with van der Waals surface area (Å²) in [6.07, 6.45) is 0. The molecule has 1 N–H and O–H groups in total. The van der Waals surface area contributed by atoms with Gasteiger partial charge in [-0.05, 0) is 82.3 Å². The van der Waals surface area contributed by atoms with E-state index < -0.39 is 11.2 Å². The molecule has 7 rings (SSSR count). The Morgan fingerprint density at radius 1 is 0.643 bits per heavy atom. The second-order valence-corrected chi connectivity index (χ2v) is 13.0. The molecule has 0 saturated carbocycles. The topological polar surface area (TPSA) is 45.8 Å². The third kappa shape index (κ3) is 4.66. The van der Waals surface area contributed by atoms with Gasteiger partial charge in [-0.3, -0.25) is 0 Å². The van der Waals surface area contributed by atoms with Crippen LogP contribution in [0.4, 0.5) is 17.1 Å². The minimum atomic E-state index is -0.955. The number of fused-ring (bicyclic) bond motifs is 6. The maximum absolute atomic E-state index is 10.5. The molecule has 0 radical (unpaired) electrons. The van der Waals surface area contributed by atoms with E-state index in [-0.39, 0.29) is 0 Å². The summed E-state index contributed by atoms with van der Waals surface area (Å²) in [5.41, 5.74) is 4.29. The van der Waals surface area contributed by atoms with Gasteiger partial charge in [-0.2, -0.15) is 0 Å². The molecule has 208 valence electrons. The zero-order valence-electron chi connectivity index (χ0n) is 24.2. The average Bonchev–Trinajstić information content (AvgIpc) is 3.54. The Bertz CT molecular complexity index is 2070. The normalized spacial score (nSPS) is 12.5. The largest absolute Gasteiger partial charge is 0.456 e. The molecule has 2 aromatic heterocycles. The van der Waals surface area contributed by atoms with Crippen molar-refractivity contribution in [3.8, 4) is 0 Å². The Balaban J connectivity index is 1.32. The summed E-state index contributed by atoms with van der Waals surface area (Å²) in [6, 6.07) is 38.4. The zero-order valence-corrected chi connectivity index (χ0v) is 25.0. The van der Waals surface area contributed by atoms with Gasteiger partial charge in [0.2, 0.25) is 0 Å². The summed E-state index contributed by atoms with van der Waals surface area (Å²) in [5.74, 6) is 0. The number of rotatable bonds is 7. The lowest BCUT2D eigenvalue weighted by Gasteiger charge is -2.37. The van der Waals surface area contributed by atoms with E-state index in [0.29, 0.717) is 7.48 Å². The molecule has 0 aliphatic heterocycles. The van der Waals surface area contributed by atoms with Crippen LogP contribution >= 0.6 is 11.3 Å². The number of nitrogens with zero attached hydrogens (tertiary/aromatic N) is 1. The summed E-state index contributed by atoms with van der Waals surface area (Å²) >= 11 is 1.82. The summed E-state index contributed by atoms with van der Waals surface area (Å²) in [4.78, 5) is 2.28. The SMILES string of the molecule is CC(C)(O)C(C)(C)OBc1ccc(N(c2ccc3c(c2)oc2ccccc23)c2ccc3sc4ccccc4c3c2)cc1. The minimum absolute atomic E-state index is 0.412.